The highest BCUT2D eigenvalue weighted by atomic mass is 19.1. The van der Waals surface area contributed by atoms with Gasteiger partial charge in [-0.3, -0.25) is 9.78 Å². The van der Waals surface area contributed by atoms with E-state index in [-0.39, 0.29) is 18.3 Å². The molecule has 0 saturated heterocycles. The van der Waals surface area contributed by atoms with Crippen LogP contribution in [0.5, 0.6) is 0 Å². The lowest BCUT2D eigenvalue weighted by atomic mass is 10.5. The number of aromatic nitrogens is 2. The molecule has 2 N–H and O–H groups in total. The second-order valence-electron chi connectivity index (χ2n) is 2.25. The summed E-state index contributed by atoms with van der Waals surface area (Å²) in [5.41, 5.74) is 0. The van der Waals surface area contributed by atoms with E-state index in [2.05, 4.69) is 20.6 Å². The molecule has 1 heterocycles. The Labute approximate surface area is 74.4 Å². The summed E-state index contributed by atoms with van der Waals surface area (Å²) in [6.45, 7) is 0.0502. The van der Waals surface area contributed by atoms with Crippen LogP contribution >= 0.6 is 0 Å². The van der Waals surface area contributed by atoms with Gasteiger partial charge in [0, 0.05) is 7.05 Å². The van der Waals surface area contributed by atoms with E-state index in [0.717, 1.165) is 6.20 Å². The third-order valence-electron chi connectivity index (χ3n) is 1.31. The van der Waals surface area contributed by atoms with Crippen LogP contribution in [-0.2, 0) is 4.79 Å². The van der Waals surface area contributed by atoms with Gasteiger partial charge in [0.25, 0.3) is 0 Å². The Morgan fingerprint density at radius 1 is 1.62 bits per heavy atom. The second-order valence-corrected chi connectivity index (χ2v) is 2.25. The van der Waals surface area contributed by atoms with Gasteiger partial charge in [-0.25, -0.2) is 0 Å². The van der Waals surface area contributed by atoms with Crippen molar-refractivity contribution in [1.29, 1.82) is 0 Å². The SMILES string of the molecule is CNC(=O)CNc1cncc(F)n1. The van der Waals surface area contributed by atoms with E-state index in [1.54, 1.807) is 0 Å². The number of anilines is 1. The number of hydrogen-bond donors (Lipinski definition) is 2. The number of likely N-dealkylation sites (N-methyl/N-ethyl adjacent to an activating group) is 1. The highest BCUT2D eigenvalue weighted by Crippen LogP contribution is 1.99. The first-order valence-electron chi connectivity index (χ1n) is 3.64. The zero-order valence-corrected chi connectivity index (χ0v) is 7.04. The third kappa shape index (κ3) is 3.02. The molecule has 0 atom stereocenters. The van der Waals surface area contributed by atoms with Gasteiger partial charge in [0.2, 0.25) is 11.9 Å². The molecule has 13 heavy (non-hydrogen) atoms. The van der Waals surface area contributed by atoms with Gasteiger partial charge >= 0.3 is 0 Å². The molecule has 0 aliphatic heterocycles. The Morgan fingerprint density at radius 2 is 2.38 bits per heavy atom. The van der Waals surface area contributed by atoms with Gasteiger partial charge in [-0.15, -0.1) is 0 Å². The summed E-state index contributed by atoms with van der Waals surface area (Å²) in [4.78, 5) is 17.8. The van der Waals surface area contributed by atoms with Crippen LogP contribution in [0, 0.1) is 5.95 Å². The number of nitrogens with one attached hydrogen (secondary N) is 2. The van der Waals surface area contributed by atoms with E-state index in [1.807, 2.05) is 0 Å². The molecule has 0 aliphatic carbocycles. The quantitative estimate of drug-likeness (QED) is 0.681. The first kappa shape index (κ1) is 9.37. The number of halogens is 1. The van der Waals surface area contributed by atoms with E-state index < -0.39 is 5.95 Å². The van der Waals surface area contributed by atoms with Crippen molar-refractivity contribution in [3.63, 3.8) is 0 Å². The Balaban J connectivity index is 2.50. The van der Waals surface area contributed by atoms with E-state index >= 15 is 0 Å². The monoisotopic (exact) mass is 184 g/mol. The molecular weight excluding hydrogens is 175 g/mol. The van der Waals surface area contributed by atoms with Crippen LogP contribution in [0.2, 0.25) is 0 Å². The molecule has 5 nitrogen and oxygen atoms in total. The van der Waals surface area contributed by atoms with Crippen molar-refractivity contribution < 1.29 is 9.18 Å². The molecule has 0 aliphatic rings. The molecule has 0 radical (unpaired) electrons. The molecular formula is C7H9FN4O. The van der Waals surface area contributed by atoms with Crippen molar-refractivity contribution in [3.05, 3.63) is 18.3 Å². The van der Waals surface area contributed by atoms with Crippen molar-refractivity contribution in [2.75, 3.05) is 18.9 Å². The predicted molar refractivity (Wildman–Crippen MR) is 44.5 cm³/mol. The van der Waals surface area contributed by atoms with Gasteiger partial charge in [0.15, 0.2) is 0 Å². The lowest BCUT2D eigenvalue weighted by Crippen LogP contribution is -2.26. The molecule has 70 valence electrons. The first-order chi connectivity index (χ1) is 6.22. The molecule has 1 amide bonds. The Kier molecular flexibility index (Phi) is 3.13. The van der Waals surface area contributed by atoms with Crippen LogP contribution in [0.3, 0.4) is 0 Å². The topological polar surface area (TPSA) is 66.9 Å². The van der Waals surface area contributed by atoms with E-state index in [1.165, 1.54) is 13.2 Å². The molecule has 6 heteroatoms. The van der Waals surface area contributed by atoms with Gasteiger partial charge in [-0.2, -0.15) is 9.37 Å². The van der Waals surface area contributed by atoms with Crippen molar-refractivity contribution >= 4 is 11.7 Å². The average molecular weight is 184 g/mol. The maximum Gasteiger partial charge on any atom is 0.239 e. The number of carbonyl (C=O) groups excluding carboxylic acids is 1. The summed E-state index contributed by atoms with van der Waals surface area (Å²) < 4.78 is 12.5. The molecule has 0 spiro atoms. The summed E-state index contributed by atoms with van der Waals surface area (Å²) >= 11 is 0. The van der Waals surface area contributed by atoms with Crippen molar-refractivity contribution in [3.8, 4) is 0 Å². The average Bonchev–Trinajstić information content (AvgIpc) is 2.14. The summed E-state index contributed by atoms with van der Waals surface area (Å²) in [6, 6.07) is 0. The lowest BCUT2D eigenvalue weighted by Gasteiger charge is -2.02. The number of amides is 1. The number of nitrogens with zero attached hydrogens (tertiary/aromatic N) is 2. The van der Waals surface area contributed by atoms with Crippen LogP contribution in [0.4, 0.5) is 10.2 Å². The zero-order valence-electron chi connectivity index (χ0n) is 7.04. The fourth-order valence-corrected chi connectivity index (χ4v) is 0.687. The van der Waals surface area contributed by atoms with Crippen molar-refractivity contribution in [1.82, 2.24) is 15.3 Å². The first-order valence-corrected chi connectivity index (χ1v) is 3.64. The minimum atomic E-state index is -0.679. The number of rotatable bonds is 3. The molecule has 0 fully saturated rings. The normalized spacial score (nSPS) is 9.38. The molecule has 0 bridgehead atoms. The van der Waals surface area contributed by atoms with Gasteiger partial charge in [0.1, 0.15) is 5.82 Å². The van der Waals surface area contributed by atoms with Crippen LogP contribution < -0.4 is 10.6 Å². The molecule has 0 saturated carbocycles. The third-order valence-corrected chi connectivity index (χ3v) is 1.31. The molecule has 0 unspecified atom stereocenters. The lowest BCUT2D eigenvalue weighted by molar-refractivity contribution is -0.118. The highest BCUT2D eigenvalue weighted by molar-refractivity contribution is 5.79. The number of carbonyl (C=O) groups is 1. The van der Waals surface area contributed by atoms with Gasteiger partial charge in [-0.1, -0.05) is 0 Å². The van der Waals surface area contributed by atoms with Crippen LogP contribution in [-0.4, -0.2) is 29.5 Å². The predicted octanol–water partition coefficient (Wildman–Crippen LogP) is -0.226. The van der Waals surface area contributed by atoms with Gasteiger partial charge < -0.3 is 10.6 Å². The maximum absolute atomic E-state index is 12.5. The van der Waals surface area contributed by atoms with Gasteiger partial charge in [0.05, 0.1) is 18.9 Å². The highest BCUT2D eigenvalue weighted by Gasteiger charge is 1.99. The smallest absolute Gasteiger partial charge is 0.239 e. The standard InChI is InChI=1S/C7H9FN4O/c1-9-7(13)4-11-6-3-10-2-5(8)12-6/h2-3H,4H2,1H3,(H,9,13)(H,11,12). The largest absolute Gasteiger partial charge is 0.360 e. The molecule has 1 rings (SSSR count). The molecule has 1 aromatic rings. The van der Waals surface area contributed by atoms with Crippen LogP contribution in [0.1, 0.15) is 0 Å². The minimum absolute atomic E-state index is 0.0502. The van der Waals surface area contributed by atoms with E-state index in [4.69, 9.17) is 0 Å². The molecule has 1 aromatic heterocycles. The Hall–Kier alpha value is -1.72. The summed E-state index contributed by atoms with van der Waals surface area (Å²) in [7, 11) is 1.52. The summed E-state index contributed by atoms with van der Waals surface area (Å²) in [5, 5.41) is 5.02. The molecule has 0 aromatic carbocycles. The van der Waals surface area contributed by atoms with Crippen molar-refractivity contribution in [2.45, 2.75) is 0 Å². The zero-order chi connectivity index (χ0) is 9.68. The van der Waals surface area contributed by atoms with Crippen LogP contribution in [0.25, 0.3) is 0 Å². The van der Waals surface area contributed by atoms with Crippen molar-refractivity contribution in [2.24, 2.45) is 0 Å². The Bertz CT molecular complexity index is 304. The second kappa shape index (κ2) is 4.34. The fourth-order valence-electron chi connectivity index (χ4n) is 0.687. The minimum Gasteiger partial charge on any atom is -0.360 e. The fraction of sp³-hybridized carbons (Fsp3) is 0.286. The van der Waals surface area contributed by atoms with E-state index in [0.29, 0.717) is 0 Å². The van der Waals surface area contributed by atoms with Gasteiger partial charge in [-0.05, 0) is 0 Å². The summed E-state index contributed by atoms with van der Waals surface area (Å²) in [5.74, 6) is -0.642. The summed E-state index contributed by atoms with van der Waals surface area (Å²) in [6.07, 6.45) is 2.33. The number of hydrogen-bond acceptors (Lipinski definition) is 4. The Morgan fingerprint density at radius 3 is 3.00 bits per heavy atom. The maximum atomic E-state index is 12.5. The van der Waals surface area contributed by atoms with Crippen LogP contribution in [0.15, 0.2) is 12.4 Å². The van der Waals surface area contributed by atoms with E-state index in [9.17, 15) is 9.18 Å².